The van der Waals surface area contributed by atoms with Gasteiger partial charge in [0, 0.05) is 91.1 Å². The number of amides is 2. The number of aromatic amines is 1. The lowest BCUT2D eigenvalue weighted by Crippen LogP contribution is -2.28. The first-order chi connectivity index (χ1) is 67.3. The fourth-order valence-electron chi connectivity index (χ4n) is 14.6. The molecule has 5 aliphatic rings. The van der Waals surface area contributed by atoms with Gasteiger partial charge >= 0.3 is 27.5 Å². The zero-order valence-electron chi connectivity index (χ0n) is 71.8. The monoisotopic (exact) mass is 1990 g/mol. The van der Waals surface area contributed by atoms with E-state index < -0.39 is 101 Å². The Labute approximate surface area is 806 Å². The van der Waals surface area contributed by atoms with E-state index >= 15 is 0 Å². The molecule has 4 atom stereocenters. The molecule has 1 fully saturated rings. The summed E-state index contributed by atoms with van der Waals surface area (Å²) in [6, 6.07) is 32.1. The van der Waals surface area contributed by atoms with Gasteiger partial charge in [-0.15, -0.1) is 0 Å². The molecule has 53 heteroatoms. The van der Waals surface area contributed by atoms with Gasteiger partial charge in [0.1, 0.15) is 65.4 Å². The van der Waals surface area contributed by atoms with Crippen LogP contribution in [0.1, 0.15) is 92.4 Å². The number of nitriles is 1. The lowest BCUT2D eigenvalue weighted by Gasteiger charge is -2.27. The van der Waals surface area contributed by atoms with Crippen molar-refractivity contribution >= 4 is 164 Å². The molecule has 0 aliphatic carbocycles. The number of fused-ring (bicyclic) bond motifs is 7. The molecule has 0 saturated carbocycles. The van der Waals surface area contributed by atoms with E-state index in [9.17, 15) is 79.8 Å². The van der Waals surface area contributed by atoms with Crippen molar-refractivity contribution in [2.24, 2.45) is 5.73 Å². The molecular formula is C88H71B2Cl2F8N25O15S. The number of benzene rings is 8. The van der Waals surface area contributed by atoms with Gasteiger partial charge in [-0.3, -0.25) is 58.4 Å². The molecule has 8 aromatic carbocycles. The van der Waals surface area contributed by atoms with Crippen molar-refractivity contribution in [3.8, 4) is 40.3 Å². The minimum Gasteiger partial charge on any atom is -0.490 e. The number of carbonyl (C=O) groups is 3. The standard InChI is InChI=1S/C21H14F2N6O2.C20H15BF2N6O4.C20H14F2N6O3.C12H6BFN6O3S.C9H10FNO.C4H8O.CCl2O.CH4/c22-11-4-5-14-17(8-11)28(10-25-14)20-24-9-15-19(27-20)29(21(30)26-15)16-6-7-31-18-12(16)2-1-3-13(18)23;21-19(30)26-14-5-4-10(22)8-15(14)27-20-24-9-16(29(31)32)18(28-20)25-13-6-7-33-17-11(13)2-1-3-12(17)23;21-11-4-5-15-16(8-11)27(10-24-15)20-23-9-17(28(29)30)19(26-20)25-14-6-7-31-18-12(14)2-1-3-13(18)22;13-11(21)17-7-2-1-6(14)3-8(7)18-12-16-4-9(20(22)23)10(19-12)24-5-15;10-7-3-1-2-6-8(11)4-5-12-9(6)7;1-2-4-5-3-1;2-1(3)4;/h1-5,8-10,16H,6-7H2,(H,26,30);1-5,8-9,13H,6-7H2,(H,26,30)(H2,24,25,27,28);1-5,8-10,14H,6-7H2,(H,23,25,26);1-4H,(H,17,21)(H,16,18,19);1-3,8H,4-5,11H2;1-4H2;;1H4. The molecule has 0 bridgehead atoms. The summed E-state index contributed by atoms with van der Waals surface area (Å²) in [6.45, 7) is 3.21. The summed E-state index contributed by atoms with van der Waals surface area (Å²) >= 11 is 9.28. The summed E-state index contributed by atoms with van der Waals surface area (Å²) in [7, 11) is 10.2. The Morgan fingerprint density at radius 2 is 0.915 bits per heavy atom. The number of hydrogen-bond acceptors (Lipinski definition) is 32. The fourth-order valence-corrected chi connectivity index (χ4v) is 15.0. The van der Waals surface area contributed by atoms with Crippen molar-refractivity contribution in [2.45, 2.75) is 75.1 Å². The SMILES string of the molecule is C.C1CCOC1.NC1CCOc2c(F)cccc21.O=C(Cl)Cl.O=[N+]([O-])c1cnc(-n2cnc3ccc(F)cc32)nc1NC1CCOc2c(F)cccc21.O=c1[nH]c2cnc(-n3cnc4ccc(F)cc43)nc2n1C1CCOc2c(F)cccc21.[B]C(=O)Nc1ccc(F)cc1Nc1ncc([N+](=O)[O-])c(NC2CCOc3c(F)cccc32)n1.[B]C(=O)Nc1ccc(F)cc1Nc1ncc([N+](=O)[O-])c(SC#N)n1. The van der Waals surface area contributed by atoms with Gasteiger partial charge in [-0.1, -0.05) is 56.0 Å². The Morgan fingerprint density at radius 3 is 1.38 bits per heavy atom. The van der Waals surface area contributed by atoms with E-state index in [1.807, 2.05) is 6.07 Å². The van der Waals surface area contributed by atoms with Crippen molar-refractivity contribution in [3.63, 3.8) is 0 Å². The van der Waals surface area contributed by atoms with Crippen molar-refractivity contribution in [3.05, 3.63) is 293 Å². The van der Waals surface area contributed by atoms with Crippen LogP contribution < -0.4 is 62.3 Å². The van der Waals surface area contributed by atoms with Crippen LogP contribution in [0.15, 0.2) is 193 Å². The Hall–Kier alpha value is -16.6. The highest BCUT2D eigenvalue weighted by atomic mass is 35.5. The molecule has 1 saturated heterocycles. The number of nitrogens with zero attached hydrogens (tertiary/aromatic N) is 17. The van der Waals surface area contributed by atoms with Gasteiger partial charge in [0.15, 0.2) is 68.6 Å². The number of aromatic nitrogens is 14. The number of nitrogens with one attached hydrogen (secondary N) is 7. The maximum atomic E-state index is 14.2. The summed E-state index contributed by atoms with van der Waals surface area (Å²) in [5.74, 6) is -5.14. The average Bonchev–Trinajstić information content (AvgIpc) is 1.56. The van der Waals surface area contributed by atoms with Crippen LogP contribution in [-0.4, -0.2) is 155 Å². The van der Waals surface area contributed by atoms with Crippen LogP contribution in [0, 0.1) is 87.5 Å². The number of thiocyanates is 1. The molecule has 40 nitrogen and oxygen atoms in total. The highest BCUT2D eigenvalue weighted by Crippen LogP contribution is 2.43. The summed E-state index contributed by atoms with van der Waals surface area (Å²) in [6.07, 6.45) is 12.0. The van der Waals surface area contributed by atoms with Crippen molar-refractivity contribution in [1.82, 2.24) is 68.5 Å². The van der Waals surface area contributed by atoms with Crippen LogP contribution >= 0.6 is 35.0 Å². The normalized spacial score (nSPS) is 14.8. The molecule has 12 heterocycles. The van der Waals surface area contributed by atoms with E-state index in [0.29, 0.717) is 93.3 Å². The number of nitrogens with two attached hydrogens (primary N) is 1. The zero-order chi connectivity index (χ0) is 99.5. The van der Waals surface area contributed by atoms with Crippen LogP contribution in [0.4, 0.5) is 113 Å². The Balaban J connectivity index is 0.000000148. The number of anilines is 8. The summed E-state index contributed by atoms with van der Waals surface area (Å²) in [5.41, 5.74) is 9.84. The number of thioether (sulfide) groups is 1. The highest BCUT2D eigenvalue weighted by Gasteiger charge is 2.34. The molecule has 20 rings (SSSR count). The Morgan fingerprint density at radius 1 is 0.504 bits per heavy atom. The number of rotatable bonds is 17. The Bertz CT molecular complexity index is 7340. The molecule has 5 aliphatic heterocycles. The third kappa shape index (κ3) is 25.1. The number of halogens is 10. The number of H-pyrrole nitrogens is 1. The van der Waals surface area contributed by atoms with Gasteiger partial charge in [-0.2, -0.15) is 25.2 Å². The summed E-state index contributed by atoms with van der Waals surface area (Å²) < 4.78 is 140. The van der Waals surface area contributed by atoms with E-state index in [1.54, 1.807) is 52.4 Å². The average molecular weight is 2000 g/mol. The number of carbonyl (C=O) groups excluding carboxylic acids is 3. The first-order valence-electron chi connectivity index (χ1n) is 41.3. The first-order valence-corrected chi connectivity index (χ1v) is 42.9. The molecule has 720 valence electrons. The molecule has 0 spiro atoms. The zero-order valence-corrected chi connectivity index (χ0v) is 74.1. The molecule has 4 unspecified atom stereocenters. The van der Waals surface area contributed by atoms with Crippen LogP contribution in [0.5, 0.6) is 23.0 Å². The number of para-hydroxylation sites is 4. The molecule has 15 aromatic rings. The van der Waals surface area contributed by atoms with Crippen molar-refractivity contribution in [1.29, 1.82) is 5.26 Å². The predicted molar refractivity (Wildman–Crippen MR) is 501 cm³/mol. The molecular weight excluding hydrogens is 1920 g/mol. The lowest BCUT2D eigenvalue weighted by molar-refractivity contribution is -0.388. The summed E-state index contributed by atoms with van der Waals surface area (Å²) in [5, 5.41) is 60.0. The minimum absolute atomic E-state index is 0. The van der Waals surface area contributed by atoms with Crippen LogP contribution in [0.3, 0.4) is 0 Å². The second-order valence-electron chi connectivity index (χ2n) is 29.7. The van der Waals surface area contributed by atoms with Crippen LogP contribution in [0.25, 0.3) is 45.1 Å². The number of imidazole rings is 3. The molecule has 141 heavy (non-hydrogen) atoms. The minimum atomic E-state index is -0.889. The molecule has 9 N–H and O–H groups in total. The lowest BCUT2D eigenvalue weighted by atomic mass is 10.00. The topological polar surface area (TPSA) is 525 Å². The third-order valence-electron chi connectivity index (χ3n) is 20.7. The molecule has 7 aromatic heterocycles. The maximum Gasteiger partial charge on any atom is 0.329 e. The number of hydrogen-bond donors (Lipinski definition) is 8. The van der Waals surface area contributed by atoms with Gasteiger partial charge in [0.25, 0.3) is 0 Å². The highest BCUT2D eigenvalue weighted by molar-refractivity contribution is 8.03. The predicted octanol–water partition coefficient (Wildman–Crippen LogP) is 18.3. The van der Waals surface area contributed by atoms with E-state index in [1.165, 1.54) is 114 Å². The second-order valence-corrected chi connectivity index (χ2v) is 31.4. The maximum absolute atomic E-state index is 14.2. The third-order valence-corrected chi connectivity index (χ3v) is 21.3. The largest absolute Gasteiger partial charge is 0.490 e. The van der Waals surface area contributed by atoms with Crippen molar-refractivity contribution in [2.75, 3.05) is 71.5 Å². The van der Waals surface area contributed by atoms with E-state index in [4.69, 9.17) is 55.2 Å². The van der Waals surface area contributed by atoms with E-state index in [-0.39, 0.29) is 131 Å². The quantitative estimate of drug-likeness (QED) is 0.00613. The fraction of sp³-hybridized carbons (Fsp3) is 0.193. The van der Waals surface area contributed by atoms with Gasteiger partial charge in [0.05, 0.1) is 110 Å². The molecule has 2 amide bonds. The van der Waals surface area contributed by atoms with Crippen LogP contribution in [-0.2, 0) is 4.74 Å². The van der Waals surface area contributed by atoms with Crippen molar-refractivity contribution < 1.29 is 88.0 Å². The molecule has 4 radical (unpaired) electrons. The Kier molecular flexibility index (Phi) is 33.6. The van der Waals surface area contributed by atoms with Crippen LogP contribution in [0.2, 0.25) is 0 Å². The van der Waals surface area contributed by atoms with E-state index in [2.05, 4.69) is 110 Å². The van der Waals surface area contributed by atoms with Gasteiger partial charge < -0.3 is 66.3 Å². The number of nitro groups is 3. The summed E-state index contributed by atoms with van der Waals surface area (Å²) in [4.78, 5) is 120. The number of ether oxygens (including phenoxy) is 5. The first kappa shape index (κ1) is 102. The van der Waals surface area contributed by atoms with E-state index in [0.717, 1.165) is 68.1 Å². The second kappa shape index (κ2) is 46.5. The van der Waals surface area contributed by atoms with Gasteiger partial charge in [-0.25, -0.2) is 69.8 Å². The smallest absolute Gasteiger partial charge is 0.329 e. The van der Waals surface area contributed by atoms with Gasteiger partial charge in [-0.05, 0) is 121 Å². The van der Waals surface area contributed by atoms with Gasteiger partial charge in [0.2, 0.25) is 51.1 Å².